The Morgan fingerprint density at radius 3 is 2.30 bits per heavy atom. The molecule has 30 heavy (non-hydrogen) atoms. The molecular formula is C21H17ClN2O5S. The molecule has 0 atom stereocenters. The van der Waals surface area contributed by atoms with E-state index in [4.69, 9.17) is 16.7 Å². The Morgan fingerprint density at radius 2 is 1.63 bits per heavy atom. The van der Waals surface area contributed by atoms with Crippen LogP contribution < -0.4 is 10.0 Å². The fourth-order valence-corrected chi connectivity index (χ4v) is 3.97. The SMILES string of the molecule is O=C(O)Cc1ccc(S(=O)(=O)Nc2ccccc2C(=O)Nc2cccc(Cl)c2)cc1. The first-order valence-electron chi connectivity index (χ1n) is 8.74. The molecule has 0 radical (unpaired) electrons. The summed E-state index contributed by atoms with van der Waals surface area (Å²) in [6.07, 6.45) is -0.208. The first-order chi connectivity index (χ1) is 14.2. The number of benzene rings is 3. The molecule has 0 unspecified atom stereocenters. The largest absolute Gasteiger partial charge is 0.481 e. The van der Waals surface area contributed by atoms with Gasteiger partial charge in [0.2, 0.25) is 0 Å². The minimum absolute atomic E-state index is 0.0540. The lowest BCUT2D eigenvalue weighted by Crippen LogP contribution is -2.18. The average Bonchev–Trinajstić information content (AvgIpc) is 2.68. The number of anilines is 2. The third-order valence-corrected chi connectivity index (χ3v) is 5.70. The van der Waals surface area contributed by atoms with E-state index >= 15 is 0 Å². The number of carboxylic acid groups (broad SMARTS) is 1. The predicted molar refractivity (Wildman–Crippen MR) is 114 cm³/mol. The van der Waals surface area contributed by atoms with Crippen molar-refractivity contribution in [3.8, 4) is 0 Å². The van der Waals surface area contributed by atoms with Gasteiger partial charge in [0, 0.05) is 10.7 Å². The van der Waals surface area contributed by atoms with Crippen molar-refractivity contribution in [1.29, 1.82) is 0 Å². The Morgan fingerprint density at radius 1 is 0.933 bits per heavy atom. The zero-order valence-electron chi connectivity index (χ0n) is 15.5. The summed E-state index contributed by atoms with van der Waals surface area (Å²) in [5.41, 5.74) is 1.18. The fraction of sp³-hybridized carbons (Fsp3) is 0.0476. The number of carbonyl (C=O) groups excluding carboxylic acids is 1. The summed E-state index contributed by atoms with van der Waals surface area (Å²) >= 11 is 5.92. The van der Waals surface area contributed by atoms with Gasteiger partial charge in [-0.2, -0.15) is 0 Å². The maximum absolute atomic E-state index is 12.7. The van der Waals surface area contributed by atoms with Crippen LogP contribution in [0.25, 0.3) is 0 Å². The van der Waals surface area contributed by atoms with Crippen LogP contribution in [0.5, 0.6) is 0 Å². The monoisotopic (exact) mass is 444 g/mol. The van der Waals surface area contributed by atoms with Gasteiger partial charge in [0.05, 0.1) is 22.6 Å². The standard InChI is InChI=1S/C21H17ClN2O5S/c22-15-4-3-5-16(13-15)23-21(27)18-6-1-2-7-19(18)24-30(28,29)17-10-8-14(9-11-17)12-20(25)26/h1-11,13,24H,12H2,(H,23,27)(H,25,26). The molecule has 9 heteroatoms. The molecule has 3 aromatic rings. The molecular weight excluding hydrogens is 428 g/mol. The Bertz CT molecular complexity index is 1190. The van der Waals surface area contributed by atoms with Crippen LogP contribution in [-0.2, 0) is 21.2 Å². The number of nitrogens with one attached hydrogen (secondary N) is 2. The van der Waals surface area contributed by atoms with Crippen LogP contribution in [0, 0.1) is 0 Å². The van der Waals surface area contributed by atoms with E-state index in [9.17, 15) is 18.0 Å². The van der Waals surface area contributed by atoms with Gasteiger partial charge in [-0.3, -0.25) is 14.3 Å². The Labute approximate surface area is 178 Å². The molecule has 0 aliphatic rings. The van der Waals surface area contributed by atoms with Crippen molar-refractivity contribution < 1.29 is 23.1 Å². The number of rotatable bonds is 7. The average molecular weight is 445 g/mol. The van der Waals surface area contributed by atoms with Crippen molar-refractivity contribution >= 4 is 44.9 Å². The van der Waals surface area contributed by atoms with Gasteiger partial charge in [-0.25, -0.2) is 8.42 Å². The van der Waals surface area contributed by atoms with Gasteiger partial charge in [-0.15, -0.1) is 0 Å². The molecule has 0 fully saturated rings. The minimum Gasteiger partial charge on any atom is -0.481 e. The molecule has 3 N–H and O–H groups in total. The molecule has 0 saturated heterocycles. The number of hydrogen-bond acceptors (Lipinski definition) is 4. The van der Waals surface area contributed by atoms with E-state index in [0.717, 1.165) is 0 Å². The lowest BCUT2D eigenvalue weighted by molar-refractivity contribution is -0.136. The van der Waals surface area contributed by atoms with Gasteiger partial charge >= 0.3 is 5.97 Å². The van der Waals surface area contributed by atoms with Crippen LogP contribution in [0.15, 0.2) is 77.7 Å². The lowest BCUT2D eigenvalue weighted by Gasteiger charge is -2.13. The van der Waals surface area contributed by atoms with Crippen LogP contribution in [0.4, 0.5) is 11.4 Å². The van der Waals surface area contributed by atoms with Crippen LogP contribution in [0.3, 0.4) is 0 Å². The molecule has 0 spiro atoms. The molecule has 154 valence electrons. The second-order valence-corrected chi connectivity index (χ2v) is 8.45. The highest BCUT2D eigenvalue weighted by Gasteiger charge is 2.19. The van der Waals surface area contributed by atoms with Crippen molar-refractivity contribution in [2.24, 2.45) is 0 Å². The van der Waals surface area contributed by atoms with E-state index in [1.807, 2.05) is 0 Å². The van der Waals surface area contributed by atoms with Crippen LogP contribution in [-0.4, -0.2) is 25.4 Å². The maximum Gasteiger partial charge on any atom is 0.307 e. The molecule has 3 aromatic carbocycles. The van der Waals surface area contributed by atoms with Gasteiger partial charge in [-0.05, 0) is 48.0 Å². The molecule has 3 rings (SSSR count). The molecule has 0 aromatic heterocycles. The van der Waals surface area contributed by atoms with E-state index in [1.54, 1.807) is 36.4 Å². The highest BCUT2D eigenvalue weighted by molar-refractivity contribution is 7.92. The third kappa shape index (κ3) is 5.37. The maximum atomic E-state index is 12.7. The molecule has 1 amide bonds. The molecule has 0 aliphatic carbocycles. The second-order valence-electron chi connectivity index (χ2n) is 6.33. The van der Waals surface area contributed by atoms with Gasteiger partial charge < -0.3 is 10.4 Å². The number of carboxylic acids is 1. The van der Waals surface area contributed by atoms with Crippen molar-refractivity contribution in [3.63, 3.8) is 0 Å². The molecule has 0 heterocycles. The van der Waals surface area contributed by atoms with Crippen LogP contribution >= 0.6 is 11.6 Å². The second kappa shape index (κ2) is 8.98. The molecule has 7 nitrogen and oxygen atoms in total. The first-order valence-corrected chi connectivity index (χ1v) is 10.6. The highest BCUT2D eigenvalue weighted by atomic mass is 35.5. The lowest BCUT2D eigenvalue weighted by atomic mass is 10.1. The summed E-state index contributed by atoms with van der Waals surface area (Å²) in [6.45, 7) is 0. The summed E-state index contributed by atoms with van der Waals surface area (Å²) in [5.74, 6) is -1.52. The Hall–Kier alpha value is -3.36. The van der Waals surface area contributed by atoms with Crippen molar-refractivity contribution in [1.82, 2.24) is 0 Å². The summed E-state index contributed by atoms with van der Waals surface area (Å²) in [7, 11) is -3.99. The van der Waals surface area contributed by atoms with Crippen molar-refractivity contribution in [2.75, 3.05) is 10.0 Å². The number of para-hydroxylation sites is 1. The summed E-state index contributed by atoms with van der Waals surface area (Å²) < 4.78 is 27.9. The van der Waals surface area contributed by atoms with Crippen LogP contribution in [0.1, 0.15) is 15.9 Å². The number of amides is 1. The summed E-state index contributed by atoms with van der Waals surface area (Å²) in [4.78, 5) is 23.4. The number of aliphatic carboxylic acids is 1. The molecule has 0 saturated carbocycles. The Kier molecular flexibility index (Phi) is 6.39. The smallest absolute Gasteiger partial charge is 0.307 e. The van der Waals surface area contributed by atoms with E-state index < -0.39 is 21.9 Å². The van der Waals surface area contributed by atoms with Gasteiger partial charge in [0.1, 0.15) is 0 Å². The molecule has 0 bridgehead atoms. The summed E-state index contributed by atoms with van der Waals surface area (Å²) in [6, 6.07) is 18.3. The number of hydrogen-bond donors (Lipinski definition) is 3. The summed E-state index contributed by atoms with van der Waals surface area (Å²) in [5, 5.41) is 11.9. The van der Waals surface area contributed by atoms with Crippen molar-refractivity contribution in [2.45, 2.75) is 11.3 Å². The predicted octanol–water partition coefficient (Wildman–Crippen LogP) is 4.02. The van der Waals surface area contributed by atoms with E-state index in [0.29, 0.717) is 16.3 Å². The topological polar surface area (TPSA) is 113 Å². The van der Waals surface area contributed by atoms with Gasteiger partial charge in [0.15, 0.2) is 0 Å². The Balaban J connectivity index is 1.83. The highest BCUT2D eigenvalue weighted by Crippen LogP contribution is 2.22. The zero-order valence-corrected chi connectivity index (χ0v) is 17.1. The van der Waals surface area contributed by atoms with Gasteiger partial charge in [0.25, 0.3) is 15.9 Å². The number of halogens is 1. The minimum atomic E-state index is -3.99. The fourth-order valence-electron chi connectivity index (χ4n) is 2.70. The third-order valence-electron chi connectivity index (χ3n) is 4.09. The quantitative estimate of drug-likeness (QED) is 0.509. The number of carbonyl (C=O) groups is 2. The van der Waals surface area contributed by atoms with E-state index in [1.165, 1.54) is 36.4 Å². The zero-order chi connectivity index (χ0) is 21.7. The first kappa shape index (κ1) is 21.4. The van der Waals surface area contributed by atoms with E-state index in [-0.39, 0.29) is 22.6 Å². The number of sulfonamides is 1. The van der Waals surface area contributed by atoms with Crippen molar-refractivity contribution in [3.05, 3.63) is 88.9 Å². The van der Waals surface area contributed by atoms with E-state index in [2.05, 4.69) is 10.0 Å². The van der Waals surface area contributed by atoms with Crippen LogP contribution in [0.2, 0.25) is 5.02 Å². The molecule has 0 aliphatic heterocycles. The normalized spacial score (nSPS) is 11.0. The van der Waals surface area contributed by atoms with Gasteiger partial charge in [-0.1, -0.05) is 41.9 Å².